The Labute approximate surface area is 181 Å². The zero-order valence-corrected chi connectivity index (χ0v) is 17.9. The summed E-state index contributed by atoms with van der Waals surface area (Å²) in [4.78, 5) is 19.6. The van der Waals surface area contributed by atoms with Crippen molar-refractivity contribution in [2.45, 2.75) is 27.2 Å². The maximum Gasteiger partial charge on any atom is 0.221 e. The van der Waals surface area contributed by atoms with Crippen LogP contribution in [0.15, 0.2) is 42.6 Å². The largest absolute Gasteiger partial charge is 0.493 e. The molecule has 0 aliphatic carbocycles. The minimum Gasteiger partial charge on any atom is -0.493 e. The summed E-state index contributed by atoms with van der Waals surface area (Å²) in [6, 6.07) is 11.5. The molecule has 0 radical (unpaired) electrons. The van der Waals surface area contributed by atoms with Gasteiger partial charge >= 0.3 is 0 Å². The lowest BCUT2D eigenvalue weighted by Crippen LogP contribution is -2.06. The number of benzene rings is 2. The number of nitrogens with two attached hydrogens (primary N) is 2. The lowest BCUT2D eigenvalue weighted by molar-refractivity contribution is -0.114. The van der Waals surface area contributed by atoms with E-state index in [9.17, 15) is 4.79 Å². The van der Waals surface area contributed by atoms with E-state index in [2.05, 4.69) is 15.3 Å². The SMILES string of the molecule is CCOc1cc(Cc2cnc(N)nc2N)cc(OCC)c1-c1cccc(NC(C)=O)c1. The molecule has 0 bridgehead atoms. The first kappa shape index (κ1) is 21.9. The third-order valence-electron chi connectivity index (χ3n) is 4.51. The molecule has 1 aromatic heterocycles. The Morgan fingerprint density at radius 2 is 1.74 bits per heavy atom. The molecule has 0 aliphatic rings. The predicted octanol–water partition coefficient (Wildman–Crippen LogP) is 3.65. The van der Waals surface area contributed by atoms with E-state index < -0.39 is 0 Å². The average molecular weight is 422 g/mol. The van der Waals surface area contributed by atoms with Crippen LogP contribution in [-0.2, 0) is 11.2 Å². The molecule has 0 spiro atoms. The maximum atomic E-state index is 11.5. The summed E-state index contributed by atoms with van der Waals surface area (Å²) in [5.74, 6) is 1.71. The number of rotatable bonds is 8. The van der Waals surface area contributed by atoms with Crippen molar-refractivity contribution in [2.75, 3.05) is 30.0 Å². The van der Waals surface area contributed by atoms with E-state index in [1.807, 2.05) is 50.2 Å². The van der Waals surface area contributed by atoms with Crippen LogP contribution in [0.3, 0.4) is 0 Å². The number of anilines is 3. The molecular formula is C23H27N5O3. The molecule has 0 aliphatic heterocycles. The predicted molar refractivity (Wildman–Crippen MR) is 122 cm³/mol. The molecule has 0 saturated carbocycles. The molecule has 1 amide bonds. The lowest BCUT2D eigenvalue weighted by Gasteiger charge is -2.18. The Morgan fingerprint density at radius 1 is 1.06 bits per heavy atom. The van der Waals surface area contributed by atoms with Crippen LogP contribution in [-0.4, -0.2) is 29.1 Å². The Morgan fingerprint density at radius 3 is 2.32 bits per heavy atom. The monoisotopic (exact) mass is 421 g/mol. The highest BCUT2D eigenvalue weighted by Crippen LogP contribution is 2.41. The fourth-order valence-corrected chi connectivity index (χ4v) is 3.32. The number of aromatic nitrogens is 2. The molecule has 162 valence electrons. The van der Waals surface area contributed by atoms with Gasteiger partial charge in [0, 0.05) is 30.8 Å². The summed E-state index contributed by atoms with van der Waals surface area (Å²) < 4.78 is 12.0. The number of nitrogen functional groups attached to an aromatic ring is 2. The number of hydrogen-bond acceptors (Lipinski definition) is 7. The number of nitrogens with zero attached hydrogens (tertiary/aromatic N) is 2. The fourth-order valence-electron chi connectivity index (χ4n) is 3.32. The zero-order chi connectivity index (χ0) is 22.4. The van der Waals surface area contributed by atoms with E-state index in [0.717, 1.165) is 22.3 Å². The molecule has 8 nitrogen and oxygen atoms in total. The maximum absolute atomic E-state index is 11.5. The van der Waals surface area contributed by atoms with Crippen molar-refractivity contribution < 1.29 is 14.3 Å². The molecule has 2 aromatic carbocycles. The van der Waals surface area contributed by atoms with Crippen molar-refractivity contribution in [3.05, 3.63) is 53.7 Å². The van der Waals surface area contributed by atoms with Gasteiger partial charge in [-0.15, -0.1) is 0 Å². The topological polar surface area (TPSA) is 125 Å². The number of carbonyl (C=O) groups excluding carboxylic acids is 1. The van der Waals surface area contributed by atoms with Crippen LogP contribution in [0.25, 0.3) is 11.1 Å². The van der Waals surface area contributed by atoms with E-state index in [4.69, 9.17) is 20.9 Å². The first-order valence-corrected chi connectivity index (χ1v) is 10.1. The summed E-state index contributed by atoms with van der Waals surface area (Å²) in [6.07, 6.45) is 2.13. The second kappa shape index (κ2) is 9.80. The third kappa shape index (κ3) is 5.42. The molecule has 0 atom stereocenters. The van der Waals surface area contributed by atoms with Gasteiger partial charge in [0.15, 0.2) is 0 Å². The average Bonchev–Trinajstić information content (AvgIpc) is 2.70. The highest BCUT2D eigenvalue weighted by Gasteiger charge is 2.17. The summed E-state index contributed by atoms with van der Waals surface area (Å²) in [7, 11) is 0. The van der Waals surface area contributed by atoms with Gasteiger partial charge < -0.3 is 26.3 Å². The Balaban J connectivity index is 2.09. The minimum absolute atomic E-state index is 0.133. The second-order valence-electron chi connectivity index (χ2n) is 6.91. The van der Waals surface area contributed by atoms with Gasteiger partial charge in [0.25, 0.3) is 0 Å². The van der Waals surface area contributed by atoms with E-state index >= 15 is 0 Å². The summed E-state index contributed by atoms with van der Waals surface area (Å²) >= 11 is 0. The molecule has 1 heterocycles. The Bertz CT molecular complexity index is 1060. The molecule has 8 heteroatoms. The molecule has 0 unspecified atom stereocenters. The summed E-state index contributed by atoms with van der Waals surface area (Å²) in [5, 5.41) is 2.81. The molecule has 3 aromatic rings. The van der Waals surface area contributed by atoms with Gasteiger partial charge in [0.1, 0.15) is 17.3 Å². The number of ether oxygens (including phenoxy) is 2. The quantitative estimate of drug-likeness (QED) is 0.507. The van der Waals surface area contributed by atoms with Gasteiger partial charge in [0.2, 0.25) is 11.9 Å². The number of amides is 1. The van der Waals surface area contributed by atoms with Crippen LogP contribution < -0.4 is 26.3 Å². The summed E-state index contributed by atoms with van der Waals surface area (Å²) in [6.45, 7) is 6.30. The smallest absolute Gasteiger partial charge is 0.221 e. The highest BCUT2D eigenvalue weighted by atomic mass is 16.5. The van der Waals surface area contributed by atoms with Crippen molar-refractivity contribution in [3.63, 3.8) is 0 Å². The van der Waals surface area contributed by atoms with E-state index in [1.165, 1.54) is 6.92 Å². The summed E-state index contributed by atoms with van der Waals surface area (Å²) in [5.41, 5.74) is 15.7. The number of hydrogen-bond donors (Lipinski definition) is 3. The van der Waals surface area contributed by atoms with Crippen LogP contribution in [0.5, 0.6) is 11.5 Å². The van der Waals surface area contributed by atoms with Crippen LogP contribution in [0.1, 0.15) is 31.9 Å². The van der Waals surface area contributed by atoms with Crippen LogP contribution in [0.2, 0.25) is 0 Å². The standard InChI is InChI=1S/C23H27N5O3/c1-4-30-19-10-15(9-17-13-26-23(25)28-22(17)24)11-20(31-5-2)21(19)16-7-6-8-18(12-16)27-14(3)29/h6-8,10-13H,4-5,9H2,1-3H3,(H,27,29)(H4,24,25,26,28). The van der Waals surface area contributed by atoms with Crippen LogP contribution >= 0.6 is 0 Å². The van der Waals surface area contributed by atoms with Gasteiger partial charge in [-0.25, -0.2) is 4.98 Å². The minimum atomic E-state index is -0.133. The lowest BCUT2D eigenvalue weighted by atomic mass is 9.98. The van der Waals surface area contributed by atoms with Gasteiger partial charge in [-0.1, -0.05) is 12.1 Å². The molecule has 3 rings (SSSR count). The van der Waals surface area contributed by atoms with Crippen molar-refractivity contribution in [1.29, 1.82) is 0 Å². The van der Waals surface area contributed by atoms with Crippen molar-refractivity contribution in [1.82, 2.24) is 9.97 Å². The van der Waals surface area contributed by atoms with Crippen molar-refractivity contribution in [2.24, 2.45) is 0 Å². The molecular weight excluding hydrogens is 394 g/mol. The van der Waals surface area contributed by atoms with Crippen molar-refractivity contribution >= 4 is 23.4 Å². The van der Waals surface area contributed by atoms with Gasteiger partial charge in [-0.3, -0.25) is 4.79 Å². The van der Waals surface area contributed by atoms with Crippen molar-refractivity contribution in [3.8, 4) is 22.6 Å². The Hall–Kier alpha value is -3.81. The van der Waals surface area contributed by atoms with Crippen LogP contribution in [0, 0.1) is 0 Å². The Kier molecular flexibility index (Phi) is 6.92. The normalized spacial score (nSPS) is 10.5. The van der Waals surface area contributed by atoms with Gasteiger partial charge in [0.05, 0.1) is 18.8 Å². The third-order valence-corrected chi connectivity index (χ3v) is 4.51. The molecule has 0 saturated heterocycles. The van der Waals surface area contributed by atoms with Gasteiger partial charge in [-0.05, 0) is 49.2 Å². The second-order valence-corrected chi connectivity index (χ2v) is 6.91. The number of nitrogens with one attached hydrogen (secondary N) is 1. The molecule has 31 heavy (non-hydrogen) atoms. The van der Waals surface area contributed by atoms with E-state index in [-0.39, 0.29) is 11.9 Å². The first-order valence-electron chi connectivity index (χ1n) is 10.1. The fraction of sp³-hybridized carbons (Fsp3) is 0.261. The zero-order valence-electron chi connectivity index (χ0n) is 17.9. The van der Waals surface area contributed by atoms with Gasteiger partial charge in [-0.2, -0.15) is 4.98 Å². The van der Waals surface area contributed by atoms with E-state index in [1.54, 1.807) is 6.20 Å². The highest BCUT2D eigenvalue weighted by molar-refractivity contribution is 5.90. The van der Waals surface area contributed by atoms with E-state index in [0.29, 0.717) is 42.6 Å². The first-order chi connectivity index (χ1) is 14.9. The van der Waals surface area contributed by atoms with Crippen LogP contribution in [0.4, 0.5) is 17.5 Å². The molecule has 0 fully saturated rings. The molecule has 5 N–H and O–H groups in total. The number of carbonyl (C=O) groups is 1.